The third kappa shape index (κ3) is 3.82. The van der Waals surface area contributed by atoms with Crippen molar-refractivity contribution in [2.24, 2.45) is 13.0 Å². The van der Waals surface area contributed by atoms with Gasteiger partial charge in [-0.05, 0) is 31.7 Å². The van der Waals surface area contributed by atoms with E-state index >= 15 is 0 Å². The minimum atomic E-state index is -0.250. The maximum atomic E-state index is 12.7. The molecule has 0 radical (unpaired) electrons. The maximum absolute atomic E-state index is 12.7. The smallest absolute Gasteiger partial charge is 0.252 e. The van der Waals surface area contributed by atoms with Crippen molar-refractivity contribution < 1.29 is 9.53 Å². The summed E-state index contributed by atoms with van der Waals surface area (Å²) in [7, 11) is 1.66. The lowest BCUT2D eigenvalue weighted by Crippen LogP contribution is -2.38. The summed E-state index contributed by atoms with van der Waals surface area (Å²) in [5.41, 5.74) is 0.167. The molecule has 134 valence electrons. The molecule has 0 spiro atoms. The van der Waals surface area contributed by atoms with Crippen LogP contribution >= 0.6 is 0 Å². The molecule has 0 unspecified atom stereocenters. The zero-order chi connectivity index (χ0) is 17.8. The van der Waals surface area contributed by atoms with Gasteiger partial charge in [0.25, 0.3) is 11.5 Å². The number of nitrogens with zero attached hydrogens (tertiary/aromatic N) is 3. The largest absolute Gasteiger partial charge is 0.381 e. The molecule has 0 saturated carbocycles. The second-order valence-electron chi connectivity index (χ2n) is 6.34. The van der Waals surface area contributed by atoms with E-state index in [2.05, 4.69) is 17.2 Å². The summed E-state index contributed by atoms with van der Waals surface area (Å²) in [6.45, 7) is 4.22. The molecule has 1 aliphatic rings. The molecule has 0 aliphatic carbocycles. The van der Waals surface area contributed by atoms with Gasteiger partial charge in [0, 0.05) is 57.0 Å². The first-order valence-electron chi connectivity index (χ1n) is 8.66. The minimum Gasteiger partial charge on any atom is -0.381 e. The molecule has 0 aromatic carbocycles. The molecule has 1 aliphatic heterocycles. The van der Waals surface area contributed by atoms with Gasteiger partial charge < -0.3 is 19.2 Å². The predicted molar refractivity (Wildman–Crippen MR) is 93.3 cm³/mol. The van der Waals surface area contributed by atoms with Crippen LogP contribution in [0.25, 0.3) is 0 Å². The number of carbonyl (C=O) groups is 1. The Morgan fingerprint density at radius 1 is 1.40 bits per heavy atom. The normalized spacial score (nSPS) is 16.6. The van der Waals surface area contributed by atoms with Gasteiger partial charge in [-0.1, -0.05) is 0 Å². The predicted octanol–water partition coefficient (Wildman–Crippen LogP) is 1.50. The summed E-state index contributed by atoms with van der Waals surface area (Å²) in [5.74, 6) is 0.864. The van der Waals surface area contributed by atoms with Gasteiger partial charge in [0.15, 0.2) is 0 Å². The summed E-state index contributed by atoms with van der Waals surface area (Å²) in [6, 6.07) is 2.82. The van der Waals surface area contributed by atoms with E-state index in [1.165, 1.54) is 10.6 Å². The van der Waals surface area contributed by atoms with Crippen LogP contribution in [0.1, 0.15) is 42.0 Å². The van der Waals surface area contributed by atoms with E-state index in [4.69, 9.17) is 4.74 Å². The fourth-order valence-electron chi connectivity index (χ4n) is 3.22. The van der Waals surface area contributed by atoms with E-state index < -0.39 is 0 Å². The molecule has 2 aromatic heterocycles. The third-order valence-electron chi connectivity index (χ3n) is 4.76. The monoisotopic (exact) mass is 344 g/mol. The van der Waals surface area contributed by atoms with Gasteiger partial charge in [-0.3, -0.25) is 9.59 Å². The Balaban J connectivity index is 1.87. The van der Waals surface area contributed by atoms with E-state index in [0.717, 1.165) is 25.2 Å². The first kappa shape index (κ1) is 17.4. The highest BCUT2D eigenvalue weighted by atomic mass is 16.5. The molecule has 7 heteroatoms. The molecule has 1 atom stereocenters. The van der Waals surface area contributed by atoms with Crippen LogP contribution in [0.5, 0.6) is 0 Å². The van der Waals surface area contributed by atoms with Crippen molar-refractivity contribution in [2.45, 2.75) is 32.4 Å². The van der Waals surface area contributed by atoms with Crippen LogP contribution < -0.4 is 10.9 Å². The van der Waals surface area contributed by atoms with Crippen LogP contribution in [0.3, 0.4) is 0 Å². The van der Waals surface area contributed by atoms with Gasteiger partial charge in [0.1, 0.15) is 5.82 Å². The molecule has 3 heterocycles. The summed E-state index contributed by atoms with van der Waals surface area (Å²) in [4.78, 5) is 29.0. The van der Waals surface area contributed by atoms with Crippen LogP contribution in [0.4, 0.5) is 0 Å². The van der Waals surface area contributed by atoms with Gasteiger partial charge in [0.05, 0.1) is 6.04 Å². The number of imidazole rings is 1. The number of hydrogen-bond acceptors (Lipinski definition) is 4. The fraction of sp³-hybridized carbons (Fsp3) is 0.500. The lowest BCUT2D eigenvalue weighted by Gasteiger charge is -2.31. The van der Waals surface area contributed by atoms with Crippen LogP contribution in [0.2, 0.25) is 0 Å². The van der Waals surface area contributed by atoms with Crippen molar-refractivity contribution in [3.63, 3.8) is 0 Å². The van der Waals surface area contributed by atoms with Crippen molar-refractivity contribution in [1.82, 2.24) is 19.4 Å². The number of rotatable bonds is 5. The highest BCUT2D eigenvalue weighted by Gasteiger charge is 2.30. The number of nitrogens with one attached hydrogen (secondary N) is 1. The third-order valence-corrected chi connectivity index (χ3v) is 4.76. The molecule has 7 nitrogen and oxygen atoms in total. The molecule has 25 heavy (non-hydrogen) atoms. The van der Waals surface area contributed by atoms with Crippen molar-refractivity contribution in [3.8, 4) is 0 Å². The first-order valence-corrected chi connectivity index (χ1v) is 8.66. The molecule has 2 aromatic rings. The van der Waals surface area contributed by atoms with Crippen molar-refractivity contribution >= 4 is 5.91 Å². The SMILES string of the molecule is CCn1ccnc1[C@H](NC(=O)c1ccn(C)c(=O)c1)C1CCOCC1. The van der Waals surface area contributed by atoms with Gasteiger partial charge in [-0.2, -0.15) is 0 Å². The van der Waals surface area contributed by atoms with Crippen molar-refractivity contribution in [3.05, 3.63) is 52.5 Å². The van der Waals surface area contributed by atoms with Gasteiger partial charge in [-0.15, -0.1) is 0 Å². The Bertz CT molecular complexity index is 790. The molecular formula is C18H24N4O3. The fourth-order valence-corrected chi connectivity index (χ4v) is 3.22. The summed E-state index contributed by atoms with van der Waals surface area (Å²) in [6.07, 6.45) is 7.03. The molecule has 3 rings (SSSR count). The summed E-state index contributed by atoms with van der Waals surface area (Å²) >= 11 is 0. The number of aromatic nitrogens is 3. The second-order valence-corrected chi connectivity index (χ2v) is 6.34. The number of carbonyl (C=O) groups excluding carboxylic acids is 1. The van der Waals surface area contributed by atoms with E-state index in [1.807, 2.05) is 10.8 Å². The minimum absolute atomic E-state index is 0.199. The molecule has 1 fully saturated rings. The highest BCUT2D eigenvalue weighted by Crippen LogP contribution is 2.29. The van der Waals surface area contributed by atoms with Crippen LogP contribution in [0, 0.1) is 5.92 Å². The van der Waals surface area contributed by atoms with Crippen LogP contribution in [0.15, 0.2) is 35.5 Å². The molecule has 1 N–H and O–H groups in total. The van der Waals surface area contributed by atoms with E-state index in [9.17, 15) is 9.59 Å². The van der Waals surface area contributed by atoms with E-state index in [-0.39, 0.29) is 23.4 Å². The molecule has 1 amide bonds. The number of ether oxygens (including phenoxy) is 1. The Morgan fingerprint density at radius 2 is 2.16 bits per heavy atom. The number of hydrogen-bond donors (Lipinski definition) is 1. The van der Waals surface area contributed by atoms with Crippen LogP contribution in [-0.4, -0.2) is 33.2 Å². The average molecular weight is 344 g/mol. The van der Waals surface area contributed by atoms with Gasteiger partial charge in [-0.25, -0.2) is 4.98 Å². The van der Waals surface area contributed by atoms with Crippen molar-refractivity contribution in [1.29, 1.82) is 0 Å². The van der Waals surface area contributed by atoms with Crippen LogP contribution in [-0.2, 0) is 18.3 Å². The first-order chi connectivity index (χ1) is 12.1. The number of amides is 1. The van der Waals surface area contributed by atoms with E-state index in [1.54, 1.807) is 25.5 Å². The Kier molecular flexibility index (Phi) is 5.33. The standard InChI is InChI=1S/C18H24N4O3/c1-3-22-9-7-19-17(22)16(13-5-10-25-11-6-13)20-18(24)14-4-8-21(2)15(23)12-14/h4,7-9,12-13,16H,3,5-6,10-11H2,1-2H3,(H,20,24)/t16-/m1/s1. The quantitative estimate of drug-likeness (QED) is 0.892. The zero-order valence-corrected chi connectivity index (χ0v) is 14.6. The van der Waals surface area contributed by atoms with Crippen molar-refractivity contribution in [2.75, 3.05) is 13.2 Å². The number of aryl methyl sites for hydroxylation is 2. The highest BCUT2D eigenvalue weighted by molar-refractivity contribution is 5.94. The average Bonchev–Trinajstić information content (AvgIpc) is 3.11. The number of pyridine rings is 1. The summed E-state index contributed by atoms with van der Waals surface area (Å²) in [5, 5.41) is 3.10. The Labute approximate surface area is 146 Å². The lowest BCUT2D eigenvalue weighted by molar-refractivity contribution is 0.0498. The van der Waals surface area contributed by atoms with E-state index in [0.29, 0.717) is 18.8 Å². The Hall–Kier alpha value is -2.41. The maximum Gasteiger partial charge on any atom is 0.252 e. The summed E-state index contributed by atoms with van der Waals surface area (Å²) < 4.78 is 8.95. The zero-order valence-electron chi connectivity index (χ0n) is 14.6. The lowest BCUT2D eigenvalue weighted by atomic mass is 9.90. The van der Waals surface area contributed by atoms with Gasteiger partial charge in [0.2, 0.25) is 0 Å². The Morgan fingerprint density at radius 3 is 2.84 bits per heavy atom. The second kappa shape index (κ2) is 7.65. The van der Waals surface area contributed by atoms with Gasteiger partial charge >= 0.3 is 0 Å². The molecule has 0 bridgehead atoms. The molecule has 1 saturated heterocycles. The topological polar surface area (TPSA) is 78.2 Å². The molecular weight excluding hydrogens is 320 g/mol.